The van der Waals surface area contributed by atoms with Gasteiger partial charge in [-0.15, -0.1) is 0 Å². The van der Waals surface area contributed by atoms with Crippen molar-refractivity contribution in [2.45, 2.75) is 50.3 Å². The highest BCUT2D eigenvalue weighted by Gasteiger charge is 2.27. The number of hydrogen-bond donors (Lipinski definition) is 1. The van der Waals surface area contributed by atoms with Gasteiger partial charge >= 0.3 is 0 Å². The minimum atomic E-state index is 0.420. The molecule has 2 aliphatic rings. The van der Waals surface area contributed by atoms with Gasteiger partial charge in [0.05, 0.1) is 11.1 Å². The second kappa shape index (κ2) is 7.46. The molecule has 0 bridgehead atoms. The first-order valence-corrected chi connectivity index (χ1v) is 9.21. The Kier molecular flexibility index (Phi) is 5.37. The first kappa shape index (κ1) is 15.1. The number of aliphatic imine (C=N–C) groups is 1. The Morgan fingerprint density at radius 2 is 1.86 bits per heavy atom. The van der Waals surface area contributed by atoms with E-state index in [1.807, 2.05) is 11.8 Å². The van der Waals surface area contributed by atoms with E-state index in [1.165, 1.54) is 49.3 Å². The normalized spacial score (nSPS) is 26.8. The summed E-state index contributed by atoms with van der Waals surface area (Å²) in [6, 6.07) is 11.0. The molecule has 0 amide bonds. The van der Waals surface area contributed by atoms with Crippen LogP contribution >= 0.6 is 11.8 Å². The van der Waals surface area contributed by atoms with E-state index in [-0.39, 0.29) is 0 Å². The molecular weight excluding hydrogens is 276 g/mol. The van der Waals surface area contributed by atoms with Crippen LogP contribution in [0.2, 0.25) is 0 Å². The van der Waals surface area contributed by atoms with Gasteiger partial charge in [0, 0.05) is 17.4 Å². The van der Waals surface area contributed by atoms with Crippen molar-refractivity contribution >= 4 is 16.8 Å². The zero-order chi connectivity index (χ0) is 14.5. The highest BCUT2D eigenvalue weighted by molar-refractivity contribution is 8.15. The highest BCUT2D eigenvalue weighted by atomic mass is 32.2. The van der Waals surface area contributed by atoms with Crippen LogP contribution in [0.5, 0.6) is 0 Å². The number of nitrogens with one attached hydrogen (secondary N) is 1. The summed E-state index contributed by atoms with van der Waals surface area (Å²) in [5.74, 6) is 0.912. The maximum absolute atomic E-state index is 4.85. The molecule has 114 valence electrons. The Labute approximate surface area is 132 Å². The maximum Gasteiger partial charge on any atom is 0.0984 e. The number of nitrogens with zero attached hydrogens (tertiary/aromatic N) is 1. The van der Waals surface area contributed by atoms with Crippen LogP contribution in [-0.4, -0.2) is 29.4 Å². The molecule has 1 aliphatic carbocycles. The molecule has 1 aliphatic heterocycles. The first-order valence-electron chi connectivity index (χ1n) is 8.33. The van der Waals surface area contributed by atoms with Crippen molar-refractivity contribution in [3.63, 3.8) is 0 Å². The summed E-state index contributed by atoms with van der Waals surface area (Å²) in [4.78, 5) is 4.85. The number of hydrogen-bond acceptors (Lipinski definition) is 3. The summed E-state index contributed by atoms with van der Waals surface area (Å²) in [7, 11) is 0. The van der Waals surface area contributed by atoms with Crippen molar-refractivity contribution in [2.24, 2.45) is 10.9 Å². The Balaban J connectivity index is 1.45. The number of benzene rings is 1. The fourth-order valence-electron chi connectivity index (χ4n) is 3.30. The molecule has 1 aromatic rings. The summed E-state index contributed by atoms with van der Waals surface area (Å²) in [6.07, 6.45) is 7.16. The first-order chi connectivity index (χ1) is 10.3. The van der Waals surface area contributed by atoms with Gasteiger partial charge in [0.15, 0.2) is 0 Å². The lowest BCUT2D eigenvalue weighted by Crippen LogP contribution is -2.33. The molecule has 1 N–H and O–H groups in total. The van der Waals surface area contributed by atoms with Crippen LogP contribution < -0.4 is 5.32 Å². The largest absolute Gasteiger partial charge is 0.315 e. The van der Waals surface area contributed by atoms with Crippen molar-refractivity contribution < 1.29 is 0 Å². The molecule has 3 rings (SSSR count). The van der Waals surface area contributed by atoms with Gasteiger partial charge in [0.1, 0.15) is 0 Å². The van der Waals surface area contributed by atoms with Crippen LogP contribution in [0.15, 0.2) is 35.3 Å². The molecule has 1 aromatic carbocycles. The predicted molar refractivity (Wildman–Crippen MR) is 93.3 cm³/mol. The quantitative estimate of drug-likeness (QED) is 0.885. The predicted octanol–water partition coefficient (Wildman–Crippen LogP) is 4.11. The van der Waals surface area contributed by atoms with Crippen LogP contribution in [0.1, 0.15) is 44.6 Å². The molecule has 1 heterocycles. The average molecular weight is 302 g/mol. The lowest BCUT2D eigenvalue weighted by atomic mass is 9.89. The van der Waals surface area contributed by atoms with Crippen molar-refractivity contribution in [1.82, 2.24) is 5.32 Å². The highest BCUT2D eigenvalue weighted by Crippen LogP contribution is 2.30. The molecular formula is C18H26N2S. The van der Waals surface area contributed by atoms with Crippen LogP contribution in [0.4, 0.5) is 0 Å². The molecule has 2 unspecified atom stereocenters. The van der Waals surface area contributed by atoms with Crippen molar-refractivity contribution in [1.29, 1.82) is 0 Å². The van der Waals surface area contributed by atoms with E-state index in [1.54, 1.807) is 0 Å². The molecule has 21 heavy (non-hydrogen) atoms. The van der Waals surface area contributed by atoms with Crippen molar-refractivity contribution in [3.05, 3.63) is 35.9 Å². The fraction of sp³-hybridized carbons (Fsp3) is 0.611. The van der Waals surface area contributed by atoms with E-state index in [9.17, 15) is 0 Å². The molecule has 1 saturated carbocycles. The Hall–Kier alpha value is -0.800. The lowest BCUT2D eigenvalue weighted by Gasteiger charge is -2.23. The number of rotatable bonds is 5. The standard InChI is InChI=1S/C18H26N2S/c1-14-17(13-19-12-15-8-4-2-5-9-15)21-18(20-14)16-10-6-3-7-11-16/h3,6-7,10-11,14-15,17,19H,2,4-5,8-9,12-13H2,1H3. The van der Waals surface area contributed by atoms with Crippen LogP contribution in [0, 0.1) is 5.92 Å². The minimum absolute atomic E-state index is 0.420. The van der Waals surface area contributed by atoms with Gasteiger partial charge in [-0.3, -0.25) is 4.99 Å². The van der Waals surface area contributed by atoms with Gasteiger partial charge in [-0.25, -0.2) is 0 Å². The third-order valence-electron chi connectivity index (χ3n) is 4.65. The molecule has 2 atom stereocenters. The molecule has 0 radical (unpaired) electrons. The molecule has 0 aromatic heterocycles. The fourth-order valence-corrected chi connectivity index (χ4v) is 4.54. The smallest absolute Gasteiger partial charge is 0.0984 e. The van der Waals surface area contributed by atoms with Gasteiger partial charge in [0.25, 0.3) is 0 Å². The van der Waals surface area contributed by atoms with E-state index < -0.39 is 0 Å². The van der Waals surface area contributed by atoms with Gasteiger partial charge in [-0.1, -0.05) is 61.4 Å². The van der Waals surface area contributed by atoms with Crippen molar-refractivity contribution in [3.8, 4) is 0 Å². The van der Waals surface area contributed by atoms with E-state index >= 15 is 0 Å². The second-order valence-electron chi connectivity index (χ2n) is 6.36. The summed E-state index contributed by atoms with van der Waals surface area (Å²) in [5.41, 5.74) is 1.27. The molecule has 3 heteroatoms. The summed E-state index contributed by atoms with van der Waals surface area (Å²) in [5, 5.41) is 5.51. The summed E-state index contributed by atoms with van der Waals surface area (Å²) in [6.45, 7) is 4.53. The average Bonchev–Trinajstić information content (AvgIpc) is 2.91. The third kappa shape index (κ3) is 4.10. The van der Waals surface area contributed by atoms with Crippen LogP contribution in [0.25, 0.3) is 0 Å². The van der Waals surface area contributed by atoms with E-state index in [0.717, 1.165) is 12.5 Å². The van der Waals surface area contributed by atoms with Gasteiger partial charge in [-0.2, -0.15) is 0 Å². The zero-order valence-electron chi connectivity index (χ0n) is 12.9. The van der Waals surface area contributed by atoms with Gasteiger partial charge < -0.3 is 5.32 Å². The monoisotopic (exact) mass is 302 g/mol. The van der Waals surface area contributed by atoms with Crippen LogP contribution in [0.3, 0.4) is 0 Å². The van der Waals surface area contributed by atoms with Crippen LogP contribution in [-0.2, 0) is 0 Å². The van der Waals surface area contributed by atoms with E-state index in [4.69, 9.17) is 4.99 Å². The number of thioether (sulfide) groups is 1. The zero-order valence-corrected chi connectivity index (χ0v) is 13.7. The third-order valence-corrected chi connectivity index (χ3v) is 6.07. The molecule has 0 spiro atoms. The Bertz CT molecular complexity index is 465. The van der Waals surface area contributed by atoms with Gasteiger partial charge in [0.2, 0.25) is 0 Å². The Morgan fingerprint density at radius 3 is 2.62 bits per heavy atom. The maximum atomic E-state index is 4.85. The minimum Gasteiger partial charge on any atom is -0.315 e. The molecule has 2 nitrogen and oxygen atoms in total. The lowest BCUT2D eigenvalue weighted by molar-refractivity contribution is 0.342. The van der Waals surface area contributed by atoms with E-state index in [0.29, 0.717) is 11.3 Å². The Morgan fingerprint density at radius 1 is 1.10 bits per heavy atom. The topological polar surface area (TPSA) is 24.4 Å². The van der Waals surface area contributed by atoms with E-state index in [2.05, 4.69) is 42.6 Å². The van der Waals surface area contributed by atoms with Crippen molar-refractivity contribution in [2.75, 3.05) is 13.1 Å². The SMILES string of the molecule is CC1N=C(c2ccccc2)SC1CNCC1CCCCC1. The summed E-state index contributed by atoms with van der Waals surface area (Å²) >= 11 is 1.95. The molecule has 0 saturated heterocycles. The summed E-state index contributed by atoms with van der Waals surface area (Å²) < 4.78 is 0. The second-order valence-corrected chi connectivity index (χ2v) is 7.59. The molecule has 1 fully saturated rings. The van der Waals surface area contributed by atoms with Gasteiger partial charge in [-0.05, 0) is 32.2 Å².